The van der Waals surface area contributed by atoms with Crippen LogP contribution in [0.4, 0.5) is 0 Å². The Kier molecular flexibility index (Phi) is 2.76. The Balaban J connectivity index is 2.19. The van der Waals surface area contributed by atoms with Crippen LogP contribution in [-0.4, -0.2) is 0 Å². The smallest absolute Gasteiger partial charge is 0.350 e. The number of hydrogen-bond donors (Lipinski definition) is 0. The SMILES string of the molecule is O=c1oc(-c2ccc3ccccc3c2)ccc1Br. The quantitative estimate of drug-likeness (QED) is 0.673. The molecule has 18 heavy (non-hydrogen) atoms. The summed E-state index contributed by atoms with van der Waals surface area (Å²) < 4.78 is 5.68. The van der Waals surface area contributed by atoms with E-state index in [9.17, 15) is 4.79 Å². The van der Waals surface area contributed by atoms with Gasteiger partial charge in [0, 0.05) is 5.56 Å². The summed E-state index contributed by atoms with van der Waals surface area (Å²) in [6.07, 6.45) is 0. The molecule has 3 rings (SSSR count). The summed E-state index contributed by atoms with van der Waals surface area (Å²) in [5.41, 5.74) is 0.541. The van der Waals surface area contributed by atoms with E-state index in [1.807, 2.05) is 36.4 Å². The maximum absolute atomic E-state index is 11.5. The molecule has 0 bridgehead atoms. The summed E-state index contributed by atoms with van der Waals surface area (Å²) in [5, 5.41) is 2.29. The molecule has 0 aliphatic carbocycles. The van der Waals surface area contributed by atoms with Gasteiger partial charge >= 0.3 is 5.63 Å². The Bertz CT molecular complexity index is 775. The number of fused-ring (bicyclic) bond motifs is 1. The molecule has 2 nitrogen and oxygen atoms in total. The highest BCUT2D eigenvalue weighted by Crippen LogP contribution is 2.24. The predicted molar refractivity (Wildman–Crippen MR) is 75.6 cm³/mol. The summed E-state index contributed by atoms with van der Waals surface area (Å²) in [7, 11) is 0. The molecule has 0 aliphatic rings. The molecule has 0 fully saturated rings. The maximum atomic E-state index is 11.5. The van der Waals surface area contributed by atoms with Crippen molar-refractivity contribution >= 4 is 26.7 Å². The van der Waals surface area contributed by atoms with Crippen molar-refractivity contribution in [2.45, 2.75) is 0 Å². The minimum absolute atomic E-state index is 0.361. The van der Waals surface area contributed by atoms with Crippen LogP contribution in [0.2, 0.25) is 0 Å². The molecule has 0 saturated heterocycles. The van der Waals surface area contributed by atoms with E-state index in [4.69, 9.17) is 4.42 Å². The van der Waals surface area contributed by atoms with Gasteiger partial charge in [-0.25, -0.2) is 4.79 Å². The molecule has 0 saturated carbocycles. The molecule has 0 N–H and O–H groups in total. The molecular weight excluding hydrogens is 292 g/mol. The van der Waals surface area contributed by atoms with Gasteiger partial charge in [-0.15, -0.1) is 0 Å². The fourth-order valence-corrected chi connectivity index (χ4v) is 2.11. The van der Waals surface area contributed by atoms with E-state index in [-0.39, 0.29) is 5.63 Å². The van der Waals surface area contributed by atoms with Crippen LogP contribution in [0.5, 0.6) is 0 Å². The van der Waals surface area contributed by atoms with Crippen molar-refractivity contribution in [2.24, 2.45) is 0 Å². The summed E-state index contributed by atoms with van der Waals surface area (Å²) in [4.78, 5) is 11.5. The summed E-state index contributed by atoms with van der Waals surface area (Å²) in [5.74, 6) is 0.578. The number of rotatable bonds is 1. The van der Waals surface area contributed by atoms with Gasteiger partial charge in [-0.1, -0.05) is 36.4 Å². The van der Waals surface area contributed by atoms with Crippen molar-refractivity contribution in [3.05, 3.63) is 69.5 Å². The molecule has 3 heteroatoms. The van der Waals surface area contributed by atoms with Crippen LogP contribution in [-0.2, 0) is 0 Å². The van der Waals surface area contributed by atoms with Crippen molar-refractivity contribution in [2.75, 3.05) is 0 Å². The lowest BCUT2D eigenvalue weighted by molar-refractivity contribution is 0.522. The minimum Gasteiger partial charge on any atom is -0.422 e. The monoisotopic (exact) mass is 300 g/mol. The van der Waals surface area contributed by atoms with Crippen LogP contribution < -0.4 is 5.63 Å². The topological polar surface area (TPSA) is 30.2 Å². The van der Waals surface area contributed by atoms with Gasteiger partial charge in [0.2, 0.25) is 0 Å². The Labute approximate surface area is 112 Å². The van der Waals surface area contributed by atoms with Gasteiger partial charge < -0.3 is 4.42 Å². The first-order valence-corrected chi connectivity index (χ1v) is 6.32. The van der Waals surface area contributed by atoms with Crippen molar-refractivity contribution in [3.8, 4) is 11.3 Å². The lowest BCUT2D eigenvalue weighted by Gasteiger charge is -2.02. The van der Waals surface area contributed by atoms with E-state index < -0.39 is 0 Å². The summed E-state index contributed by atoms with van der Waals surface area (Å²) in [6, 6.07) is 17.6. The van der Waals surface area contributed by atoms with E-state index >= 15 is 0 Å². The first-order chi connectivity index (χ1) is 8.74. The average Bonchev–Trinajstić information content (AvgIpc) is 2.41. The molecule has 0 aliphatic heterocycles. The van der Waals surface area contributed by atoms with Crippen molar-refractivity contribution in [1.29, 1.82) is 0 Å². The molecule has 2 aromatic carbocycles. The Morgan fingerprint density at radius 1 is 0.889 bits per heavy atom. The lowest BCUT2D eigenvalue weighted by atomic mass is 10.1. The third-order valence-electron chi connectivity index (χ3n) is 2.81. The van der Waals surface area contributed by atoms with E-state index in [1.54, 1.807) is 12.1 Å². The molecule has 1 aromatic heterocycles. The Morgan fingerprint density at radius 2 is 1.67 bits per heavy atom. The molecular formula is C15H9BrO2. The number of benzene rings is 2. The van der Waals surface area contributed by atoms with Crippen molar-refractivity contribution < 1.29 is 4.42 Å². The zero-order valence-corrected chi connectivity index (χ0v) is 11.0. The fourth-order valence-electron chi connectivity index (χ4n) is 1.90. The zero-order valence-electron chi connectivity index (χ0n) is 9.39. The van der Waals surface area contributed by atoms with Crippen LogP contribution >= 0.6 is 15.9 Å². The standard InChI is InChI=1S/C15H9BrO2/c16-13-7-8-14(18-15(13)17)12-6-5-10-3-1-2-4-11(10)9-12/h1-9H. The first-order valence-electron chi connectivity index (χ1n) is 5.53. The number of halogens is 1. The zero-order chi connectivity index (χ0) is 12.5. The third-order valence-corrected chi connectivity index (χ3v) is 3.40. The highest BCUT2D eigenvalue weighted by Gasteiger charge is 2.04. The normalized spacial score (nSPS) is 10.7. The summed E-state index contributed by atoms with van der Waals surface area (Å²) >= 11 is 3.14. The van der Waals surface area contributed by atoms with Gasteiger partial charge in [-0.2, -0.15) is 0 Å². The van der Waals surface area contributed by atoms with Crippen molar-refractivity contribution in [1.82, 2.24) is 0 Å². The van der Waals surface area contributed by atoms with E-state index in [2.05, 4.69) is 22.0 Å². The summed E-state index contributed by atoms with van der Waals surface area (Å²) in [6.45, 7) is 0. The highest BCUT2D eigenvalue weighted by atomic mass is 79.9. The number of hydrogen-bond acceptors (Lipinski definition) is 2. The van der Waals surface area contributed by atoms with Crippen molar-refractivity contribution in [3.63, 3.8) is 0 Å². The van der Waals surface area contributed by atoms with Gasteiger partial charge in [0.25, 0.3) is 0 Å². The minimum atomic E-state index is -0.361. The maximum Gasteiger partial charge on any atom is 0.350 e. The van der Waals surface area contributed by atoms with Gasteiger partial charge in [-0.05, 0) is 44.9 Å². The molecule has 0 amide bonds. The van der Waals surface area contributed by atoms with Crippen LogP contribution in [0.15, 0.2) is 68.3 Å². The van der Waals surface area contributed by atoms with Gasteiger partial charge in [-0.3, -0.25) is 0 Å². The van der Waals surface area contributed by atoms with Crippen LogP contribution in [0.25, 0.3) is 22.1 Å². The van der Waals surface area contributed by atoms with Gasteiger partial charge in [0.1, 0.15) is 10.2 Å². The Morgan fingerprint density at radius 3 is 2.44 bits per heavy atom. The third kappa shape index (κ3) is 1.97. The van der Waals surface area contributed by atoms with Gasteiger partial charge in [0.15, 0.2) is 0 Å². The van der Waals surface area contributed by atoms with E-state index in [1.165, 1.54) is 5.39 Å². The second-order valence-electron chi connectivity index (χ2n) is 4.00. The van der Waals surface area contributed by atoms with Crippen LogP contribution in [0.3, 0.4) is 0 Å². The second kappa shape index (κ2) is 4.42. The van der Waals surface area contributed by atoms with Gasteiger partial charge in [0.05, 0.1) is 0 Å². The largest absolute Gasteiger partial charge is 0.422 e. The average molecular weight is 301 g/mol. The molecule has 3 aromatic rings. The van der Waals surface area contributed by atoms with E-state index in [0.717, 1.165) is 10.9 Å². The molecule has 0 radical (unpaired) electrons. The highest BCUT2D eigenvalue weighted by molar-refractivity contribution is 9.10. The van der Waals surface area contributed by atoms with Crippen LogP contribution in [0.1, 0.15) is 0 Å². The predicted octanol–water partition coefficient (Wildman–Crippen LogP) is 4.22. The fraction of sp³-hybridized carbons (Fsp3) is 0. The first kappa shape index (κ1) is 11.2. The van der Waals surface area contributed by atoms with E-state index in [0.29, 0.717) is 10.2 Å². The second-order valence-corrected chi connectivity index (χ2v) is 4.85. The molecule has 0 unspecified atom stereocenters. The lowest BCUT2D eigenvalue weighted by Crippen LogP contribution is -1.99. The molecule has 0 spiro atoms. The molecule has 1 heterocycles. The molecule has 88 valence electrons. The van der Waals surface area contributed by atoms with Crippen LogP contribution in [0, 0.1) is 0 Å². The Hall–Kier alpha value is -1.87. The molecule has 0 atom stereocenters.